The molecule has 0 aliphatic carbocycles. The number of carboxylic acid groups (broad SMARTS) is 1. The van der Waals surface area contributed by atoms with Crippen LogP contribution in [-0.2, 0) is 32.0 Å². The number of phenols is 1. The Morgan fingerprint density at radius 3 is 2.16 bits per heavy atom. The summed E-state index contributed by atoms with van der Waals surface area (Å²) >= 11 is 0. The average Bonchev–Trinajstić information content (AvgIpc) is 3.30. The van der Waals surface area contributed by atoms with Crippen LogP contribution < -0.4 is 21.7 Å². The van der Waals surface area contributed by atoms with E-state index in [9.17, 15) is 34.5 Å². The van der Waals surface area contributed by atoms with Crippen LogP contribution in [0.25, 0.3) is 10.9 Å². The maximum Gasteiger partial charge on any atom is 0.326 e. The first kappa shape index (κ1) is 27.2. The van der Waals surface area contributed by atoms with E-state index in [1.807, 2.05) is 24.3 Å². The molecule has 12 nitrogen and oxygen atoms in total. The van der Waals surface area contributed by atoms with Crippen molar-refractivity contribution < 1.29 is 34.5 Å². The van der Waals surface area contributed by atoms with E-state index in [1.54, 1.807) is 6.20 Å². The van der Waals surface area contributed by atoms with Crippen molar-refractivity contribution in [3.05, 3.63) is 65.9 Å². The molecule has 0 bridgehead atoms. The molecule has 0 aliphatic heterocycles. The van der Waals surface area contributed by atoms with Crippen LogP contribution in [0.4, 0.5) is 0 Å². The zero-order valence-corrected chi connectivity index (χ0v) is 19.8. The van der Waals surface area contributed by atoms with E-state index in [4.69, 9.17) is 5.73 Å². The van der Waals surface area contributed by atoms with Crippen molar-refractivity contribution in [1.82, 2.24) is 20.9 Å². The molecule has 12 heteroatoms. The minimum absolute atomic E-state index is 0.00385. The average molecular weight is 512 g/mol. The van der Waals surface area contributed by atoms with Gasteiger partial charge in [0, 0.05) is 29.9 Å². The number of carboxylic acids is 1. The molecule has 0 radical (unpaired) electrons. The second-order valence-corrected chi connectivity index (χ2v) is 8.40. The molecule has 0 saturated carbocycles. The highest BCUT2D eigenvalue weighted by Gasteiger charge is 2.30. The third-order valence-electron chi connectivity index (χ3n) is 5.74. The first-order valence-corrected chi connectivity index (χ1v) is 11.5. The number of hydrogen-bond donors (Lipinski definition) is 8. The minimum atomic E-state index is -1.36. The quantitative estimate of drug-likeness (QED) is 0.153. The summed E-state index contributed by atoms with van der Waals surface area (Å²) in [7, 11) is 0. The second kappa shape index (κ2) is 12.5. The molecule has 0 fully saturated rings. The van der Waals surface area contributed by atoms with Gasteiger partial charge in [0.25, 0.3) is 0 Å². The molecule has 9 N–H and O–H groups in total. The van der Waals surface area contributed by atoms with Gasteiger partial charge >= 0.3 is 5.97 Å². The third kappa shape index (κ3) is 7.29. The highest BCUT2D eigenvalue weighted by atomic mass is 16.4. The number of phenolic OH excluding ortho intramolecular Hbond substituents is 1. The Kier molecular flexibility index (Phi) is 9.19. The number of aliphatic hydroxyl groups excluding tert-OH is 1. The van der Waals surface area contributed by atoms with E-state index in [0.29, 0.717) is 11.1 Å². The molecule has 0 spiro atoms. The molecule has 3 aromatic rings. The van der Waals surface area contributed by atoms with Crippen molar-refractivity contribution in [2.24, 2.45) is 5.73 Å². The summed E-state index contributed by atoms with van der Waals surface area (Å²) in [5.74, 6) is -3.56. The number of benzene rings is 2. The Bertz CT molecular complexity index is 1260. The van der Waals surface area contributed by atoms with Gasteiger partial charge in [-0.25, -0.2) is 4.79 Å². The molecule has 2 aromatic carbocycles. The summed E-state index contributed by atoms with van der Waals surface area (Å²) in [6, 6.07) is 9.28. The smallest absolute Gasteiger partial charge is 0.326 e. The van der Waals surface area contributed by atoms with Crippen LogP contribution in [0, 0.1) is 0 Å². The molecular formula is C25H29N5O7. The third-order valence-corrected chi connectivity index (χ3v) is 5.74. The standard InChI is InChI=1S/C25H29N5O7/c26-11-22(33)28-21(13-31)24(35)29-19(10-15-12-27-18-4-2-1-3-17(15)18)23(34)30-20(25(36)37)9-14-5-7-16(32)8-6-14/h1-8,12,19-21,27,31-32H,9-11,13,26H2,(H,28,33)(H,29,35)(H,30,34)(H,36,37). The van der Waals surface area contributed by atoms with E-state index in [2.05, 4.69) is 20.9 Å². The maximum absolute atomic E-state index is 13.3. The number of para-hydroxylation sites is 1. The lowest BCUT2D eigenvalue weighted by Gasteiger charge is -2.24. The molecule has 1 aromatic heterocycles. The first-order chi connectivity index (χ1) is 17.7. The van der Waals surface area contributed by atoms with Gasteiger partial charge in [0.2, 0.25) is 17.7 Å². The molecule has 3 unspecified atom stereocenters. The lowest BCUT2D eigenvalue weighted by Crippen LogP contribution is -2.57. The van der Waals surface area contributed by atoms with Crippen LogP contribution in [0.5, 0.6) is 5.75 Å². The van der Waals surface area contributed by atoms with Gasteiger partial charge in [-0.05, 0) is 29.3 Å². The lowest BCUT2D eigenvalue weighted by atomic mass is 10.0. The number of nitrogens with two attached hydrogens (primary N) is 1. The van der Waals surface area contributed by atoms with Crippen LogP contribution in [0.2, 0.25) is 0 Å². The fourth-order valence-electron chi connectivity index (χ4n) is 3.79. The van der Waals surface area contributed by atoms with Gasteiger partial charge in [-0.2, -0.15) is 0 Å². The Hall–Kier alpha value is -4.42. The molecule has 0 saturated heterocycles. The number of aromatic hydroxyl groups is 1. The normalized spacial score (nSPS) is 13.4. The predicted octanol–water partition coefficient (Wildman–Crippen LogP) is -0.851. The first-order valence-electron chi connectivity index (χ1n) is 11.5. The molecule has 3 rings (SSSR count). The number of carbonyl (C=O) groups excluding carboxylic acids is 3. The predicted molar refractivity (Wildman–Crippen MR) is 133 cm³/mol. The zero-order chi connectivity index (χ0) is 26.9. The van der Waals surface area contributed by atoms with E-state index < -0.39 is 55.0 Å². The second-order valence-electron chi connectivity index (χ2n) is 8.40. The van der Waals surface area contributed by atoms with Gasteiger partial charge in [0.15, 0.2) is 0 Å². The van der Waals surface area contributed by atoms with E-state index >= 15 is 0 Å². The molecule has 37 heavy (non-hydrogen) atoms. The zero-order valence-electron chi connectivity index (χ0n) is 19.8. The molecule has 196 valence electrons. The van der Waals surface area contributed by atoms with Crippen molar-refractivity contribution in [3.63, 3.8) is 0 Å². The number of carbonyl (C=O) groups is 4. The number of aliphatic hydroxyl groups is 1. The van der Waals surface area contributed by atoms with Gasteiger partial charge < -0.3 is 42.0 Å². The summed E-state index contributed by atoms with van der Waals surface area (Å²) in [4.78, 5) is 52.7. The summed E-state index contributed by atoms with van der Waals surface area (Å²) in [6.07, 6.45) is 1.61. The number of amides is 3. The fraction of sp³-hybridized carbons (Fsp3) is 0.280. The highest BCUT2D eigenvalue weighted by Crippen LogP contribution is 2.19. The van der Waals surface area contributed by atoms with Gasteiger partial charge in [-0.15, -0.1) is 0 Å². The number of aromatic nitrogens is 1. The number of hydrogen-bond acceptors (Lipinski definition) is 7. The van der Waals surface area contributed by atoms with Crippen molar-refractivity contribution >= 4 is 34.6 Å². The van der Waals surface area contributed by atoms with Crippen molar-refractivity contribution in [2.75, 3.05) is 13.2 Å². The summed E-state index contributed by atoms with van der Waals surface area (Å²) in [5.41, 5.74) is 7.32. The summed E-state index contributed by atoms with van der Waals surface area (Å²) in [6.45, 7) is -1.14. The molecule has 3 amide bonds. The molecule has 1 heterocycles. The monoisotopic (exact) mass is 511 g/mol. The van der Waals surface area contributed by atoms with Gasteiger partial charge in [0.1, 0.15) is 23.9 Å². The van der Waals surface area contributed by atoms with Crippen LogP contribution in [0.1, 0.15) is 11.1 Å². The van der Waals surface area contributed by atoms with Crippen LogP contribution >= 0.6 is 0 Å². The summed E-state index contributed by atoms with van der Waals surface area (Å²) < 4.78 is 0. The van der Waals surface area contributed by atoms with Crippen molar-refractivity contribution in [1.29, 1.82) is 0 Å². The highest BCUT2D eigenvalue weighted by molar-refractivity contribution is 5.94. The Labute approximate surface area is 211 Å². The number of fused-ring (bicyclic) bond motifs is 1. The van der Waals surface area contributed by atoms with Gasteiger partial charge in [-0.1, -0.05) is 30.3 Å². The van der Waals surface area contributed by atoms with E-state index in [-0.39, 0.29) is 18.6 Å². The number of H-pyrrole nitrogens is 1. The number of aliphatic carboxylic acids is 1. The van der Waals surface area contributed by atoms with E-state index in [0.717, 1.165) is 10.9 Å². The SMILES string of the molecule is NCC(=O)NC(CO)C(=O)NC(Cc1c[nH]c2ccccc12)C(=O)NC(Cc1ccc(O)cc1)C(=O)O. The Morgan fingerprint density at radius 2 is 1.51 bits per heavy atom. The number of rotatable bonds is 12. The summed E-state index contributed by atoms with van der Waals surface area (Å²) in [5, 5.41) is 36.8. The number of nitrogens with one attached hydrogen (secondary N) is 4. The minimum Gasteiger partial charge on any atom is -0.508 e. The van der Waals surface area contributed by atoms with Crippen molar-refractivity contribution in [2.45, 2.75) is 31.0 Å². The molecule has 0 aliphatic rings. The van der Waals surface area contributed by atoms with Crippen LogP contribution in [0.3, 0.4) is 0 Å². The van der Waals surface area contributed by atoms with E-state index in [1.165, 1.54) is 24.3 Å². The lowest BCUT2D eigenvalue weighted by molar-refractivity contribution is -0.142. The largest absolute Gasteiger partial charge is 0.508 e. The van der Waals surface area contributed by atoms with Crippen LogP contribution in [-0.4, -0.2) is 75.3 Å². The topological polar surface area (TPSA) is 207 Å². The van der Waals surface area contributed by atoms with Gasteiger partial charge in [0.05, 0.1) is 13.2 Å². The Balaban J connectivity index is 1.83. The van der Waals surface area contributed by atoms with Gasteiger partial charge in [-0.3, -0.25) is 14.4 Å². The Morgan fingerprint density at radius 1 is 0.865 bits per heavy atom. The molecular weight excluding hydrogens is 482 g/mol. The van der Waals surface area contributed by atoms with Crippen molar-refractivity contribution in [3.8, 4) is 5.75 Å². The molecule has 3 atom stereocenters. The van der Waals surface area contributed by atoms with Crippen LogP contribution in [0.15, 0.2) is 54.7 Å². The number of aromatic amines is 1. The maximum atomic E-state index is 13.3. The fourth-order valence-corrected chi connectivity index (χ4v) is 3.79.